The lowest BCUT2D eigenvalue weighted by molar-refractivity contribution is -0.126. The molecule has 0 aliphatic carbocycles. The number of hydrogen-bond acceptors (Lipinski definition) is 10. The summed E-state index contributed by atoms with van der Waals surface area (Å²) in [7, 11) is -1.94. The van der Waals surface area contributed by atoms with Gasteiger partial charge < -0.3 is 34.5 Å². The van der Waals surface area contributed by atoms with Gasteiger partial charge in [0.1, 0.15) is 22.1 Å². The molecule has 1 unspecified atom stereocenters. The van der Waals surface area contributed by atoms with Gasteiger partial charge in [-0.2, -0.15) is 0 Å². The summed E-state index contributed by atoms with van der Waals surface area (Å²) < 4.78 is 56.0. The number of carbonyl (C=O) groups excluding carboxylic acids is 1. The third kappa shape index (κ3) is 5.83. The van der Waals surface area contributed by atoms with Gasteiger partial charge in [0.05, 0.1) is 25.5 Å². The number of benzene rings is 3. The van der Waals surface area contributed by atoms with Crippen molar-refractivity contribution in [1.29, 1.82) is 0 Å². The molecule has 1 atom stereocenters. The Morgan fingerprint density at radius 1 is 1.00 bits per heavy atom. The van der Waals surface area contributed by atoms with E-state index in [2.05, 4.69) is 4.72 Å². The van der Waals surface area contributed by atoms with Crippen molar-refractivity contribution in [2.75, 3.05) is 26.7 Å². The number of aryl methyl sites for hydroxylation is 1. The van der Waals surface area contributed by atoms with Crippen LogP contribution in [0.2, 0.25) is 0 Å². The van der Waals surface area contributed by atoms with Crippen molar-refractivity contribution in [3.63, 3.8) is 0 Å². The fourth-order valence-corrected chi connectivity index (χ4v) is 5.26. The van der Waals surface area contributed by atoms with Crippen molar-refractivity contribution in [3.05, 3.63) is 65.2 Å². The lowest BCUT2D eigenvalue weighted by Gasteiger charge is -2.22. The Balaban J connectivity index is 1.75. The average Bonchev–Trinajstić information content (AvgIpc) is 3.39. The van der Waals surface area contributed by atoms with Crippen LogP contribution in [0, 0.1) is 0 Å². The van der Waals surface area contributed by atoms with Crippen molar-refractivity contribution in [2.45, 2.75) is 30.8 Å². The first-order valence-electron chi connectivity index (χ1n) is 12.1. The minimum Gasteiger partial charge on any atom is -0.495 e. The number of amides is 1. The Morgan fingerprint density at radius 2 is 1.73 bits per heavy atom. The molecular weight excluding hydrogens is 544 g/mol. The predicted molar refractivity (Wildman–Crippen MR) is 143 cm³/mol. The summed E-state index contributed by atoms with van der Waals surface area (Å²) in [5, 5.41) is 9.41. The number of nitrogens with one attached hydrogen (secondary N) is 1. The van der Waals surface area contributed by atoms with E-state index in [9.17, 15) is 23.1 Å². The van der Waals surface area contributed by atoms with Gasteiger partial charge in [-0.25, -0.2) is 17.9 Å². The van der Waals surface area contributed by atoms with E-state index in [1.807, 2.05) is 6.92 Å². The summed E-state index contributed by atoms with van der Waals surface area (Å²) in [5.74, 6) is -1.16. The Bertz CT molecular complexity index is 1560. The summed E-state index contributed by atoms with van der Waals surface area (Å²) in [4.78, 5) is 24.8. The maximum atomic E-state index is 13.6. The van der Waals surface area contributed by atoms with Crippen LogP contribution < -0.4 is 34.1 Å². The molecule has 12 nitrogen and oxygen atoms in total. The topological polar surface area (TPSA) is 173 Å². The van der Waals surface area contributed by atoms with E-state index < -0.39 is 28.0 Å². The van der Waals surface area contributed by atoms with E-state index in [-0.39, 0.29) is 45.8 Å². The second-order valence-electron chi connectivity index (χ2n) is 8.70. The van der Waals surface area contributed by atoms with Crippen LogP contribution in [0.3, 0.4) is 0 Å². The quantitative estimate of drug-likeness (QED) is 0.288. The molecule has 0 saturated carbocycles. The van der Waals surface area contributed by atoms with Crippen LogP contribution in [0.5, 0.6) is 28.7 Å². The Hall–Kier alpha value is -4.65. The van der Waals surface area contributed by atoms with Crippen LogP contribution in [0.1, 0.15) is 40.9 Å². The molecule has 0 fully saturated rings. The van der Waals surface area contributed by atoms with Crippen molar-refractivity contribution in [1.82, 2.24) is 4.72 Å². The molecule has 1 amide bonds. The molecular formula is C27H28N2O10S. The maximum Gasteiger partial charge on any atom is 0.335 e. The van der Waals surface area contributed by atoms with Gasteiger partial charge in [0, 0.05) is 17.7 Å². The second-order valence-corrected chi connectivity index (χ2v) is 10.4. The highest BCUT2D eigenvalue weighted by Crippen LogP contribution is 2.37. The van der Waals surface area contributed by atoms with Gasteiger partial charge in [0.2, 0.25) is 12.9 Å². The standard InChI is InChI=1S/C27H28N2O10S/c1-4-5-15-10-17(27(31)32)7-8-19(15)39-25(16-6-9-20-22(11-16)38-14-37-20)26(30)29-40(33,34)24-13-21(35-2)18(28)12-23(24)36-3/h6-13,25H,4-5,14,28H2,1-3H3,(H,29,30)(H,31,32). The number of carbonyl (C=O) groups is 2. The van der Waals surface area contributed by atoms with Gasteiger partial charge in [0.15, 0.2) is 11.5 Å². The Labute approximate surface area is 230 Å². The van der Waals surface area contributed by atoms with E-state index in [4.69, 9.17) is 29.4 Å². The van der Waals surface area contributed by atoms with Crippen molar-refractivity contribution >= 4 is 27.6 Å². The van der Waals surface area contributed by atoms with Crippen LogP contribution in [0.25, 0.3) is 0 Å². The zero-order chi connectivity index (χ0) is 29.0. The highest BCUT2D eigenvalue weighted by molar-refractivity contribution is 7.90. The Morgan fingerprint density at radius 3 is 2.40 bits per heavy atom. The number of hydrogen-bond donors (Lipinski definition) is 3. The van der Waals surface area contributed by atoms with E-state index in [0.717, 1.165) is 6.07 Å². The van der Waals surface area contributed by atoms with Crippen molar-refractivity contribution in [2.24, 2.45) is 0 Å². The number of carboxylic acids is 1. The SMILES string of the molecule is CCCc1cc(C(=O)O)ccc1OC(C(=O)NS(=O)(=O)c1cc(OC)c(N)cc1OC)c1ccc2c(c1)OCO2. The van der Waals surface area contributed by atoms with Crippen LogP contribution >= 0.6 is 0 Å². The van der Waals surface area contributed by atoms with E-state index in [0.29, 0.717) is 29.9 Å². The van der Waals surface area contributed by atoms with Gasteiger partial charge in [0.25, 0.3) is 15.9 Å². The molecule has 0 saturated heterocycles. The number of carboxylic acid groups (broad SMARTS) is 1. The van der Waals surface area contributed by atoms with Gasteiger partial charge in [-0.1, -0.05) is 19.4 Å². The zero-order valence-corrected chi connectivity index (χ0v) is 22.7. The number of anilines is 1. The molecule has 1 heterocycles. The molecule has 0 radical (unpaired) electrons. The first-order valence-corrected chi connectivity index (χ1v) is 13.6. The van der Waals surface area contributed by atoms with Crippen LogP contribution in [-0.2, 0) is 21.2 Å². The van der Waals surface area contributed by atoms with Gasteiger partial charge in [-0.05, 0) is 42.3 Å². The smallest absolute Gasteiger partial charge is 0.335 e. The molecule has 13 heteroatoms. The molecule has 3 aromatic carbocycles. The third-order valence-corrected chi connectivity index (χ3v) is 7.42. The van der Waals surface area contributed by atoms with Gasteiger partial charge in [-0.3, -0.25) is 4.79 Å². The normalized spacial score (nSPS) is 12.9. The first-order chi connectivity index (χ1) is 19.1. The summed E-state index contributed by atoms with van der Waals surface area (Å²) in [6.07, 6.45) is -0.377. The lowest BCUT2D eigenvalue weighted by atomic mass is 10.0. The van der Waals surface area contributed by atoms with Gasteiger partial charge >= 0.3 is 5.97 Å². The zero-order valence-electron chi connectivity index (χ0n) is 21.9. The van der Waals surface area contributed by atoms with E-state index in [1.54, 1.807) is 12.1 Å². The minimum absolute atomic E-state index is 0.0129. The van der Waals surface area contributed by atoms with Crippen molar-refractivity contribution < 1.29 is 46.8 Å². The number of sulfonamides is 1. The van der Waals surface area contributed by atoms with E-state index >= 15 is 0 Å². The second kappa shape index (κ2) is 11.6. The monoisotopic (exact) mass is 572 g/mol. The molecule has 1 aliphatic heterocycles. The van der Waals surface area contributed by atoms with Crippen LogP contribution in [0.15, 0.2) is 53.4 Å². The number of aromatic carboxylic acids is 1. The molecule has 0 bridgehead atoms. The first kappa shape index (κ1) is 28.4. The molecule has 1 aliphatic rings. The van der Waals surface area contributed by atoms with Crippen LogP contribution in [0.4, 0.5) is 5.69 Å². The summed E-state index contributed by atoms with van der Waals surface area (Å²) in [6, 6.07) is 11.3. The summed E-state index contributed by atoms with van der Waals surface area (Å²) in [6.45, 7) is 1.89. The highest BCUT2D eigenvalue weighted by Gasteiger charge is 2.32. The molecule has 0 spiro atoms. The fourth-order valence-electron chi connectivity index (χ4n) is 4.11. The van der Waals surface area contributed by atoms with E-state index in [1.165, 1.54) is 44.6 Å². The molecule has 4 N–H and O–H groups in total. The summed E-state index contributed by atoms with van der Waals surface area (Å²) in [5.41, 5.74) is 6.87. The number of methoxy groups -OCH3 is 2. The van der Waals surface area contributed by atoms with Gasteiger partial charge in [-0.15, -0.1) is 0 Å². The molecule has 212 valence electrons. The number of ether oxygens (including phenoxy) is 5. The van der Waals surface area contributed by atoms with Crippen molar-refractivity contribution in [3.8, 4) is 28.7 Å². The highest BCUT2D eigenvalue weighted by atomic mass is 32.2. The Kier molecular flexibility index (Phi) is 8.24. The fraction of sp³-hybridized carbons (Fsp3) is 0.259. The third-order valence-electron chi connectivity index (χ3n) is 6.05. The number of nitrogen functional groups attached to an aromatic ring is 1. The van der Waals surface area contributed by atoms with Crippen LogP contribution in [-0.4, -0.2) is 46.4 Å². The summed E-state index contributed by atoms with van der Waals surface area (Å²) >= 11 is 0. The minimum atomic E-state index is -4.52. The lowest BCUT2D eigenvalue weighted by Crippen LogP contribution is -2.37. The number of nitrogens with two attached hydrogens (primary N) is 1. The number of fused-ring (bicyclic) bond motifs is 1. The molecule has 0 aromatic heterocycles. The number of rotatable bonds is 11. The molecule has 4 rings (SSSR count). The predicted octanol–water partition coefficient (Wildman–Crippen LogP) is 3.29. The maximum absolute atomic E-state index is 13.6. The molecule has 3 aromatic rings. The average molecular weight is 573 g/mol. The molecule has 40 heavy (non-hydrogen) atoms. The largest absolute Gasteiger partial charge is 0.495 e.